The van der Waals surface area contributed by atoms with Crippen LogP contribution in [0.5, 0.6) is 5.75 Å². The summed E-state index contributed by atoms with van der Waals surface area (Å²) in [4.78, 5) is 12.9. The number of benzene rings is 2. The molecule has 0 aliphatic heterocycles. The van der Waals surface area contributed by atoms with Crippen LogP contribution in [0.15, 0.2) is 53.1 Å². The van der Waals surface area contributed by atoms with Crippen LogP contribution in [0.3, 0.4) is 0 Å². The minimum Gasteiger partial charge on any atom is -0.497 e. The first kappa shape index (κ1) is 17.7. The van der Waals surface area contributed by atoms with E-state index >= 15 is 0 Å². The number of methoxy groups -OCH3 is 1. The zero-order valence-corrected chi connectivity index (χ0v) is 15.4. The molecule has 1 amide bonds. The van der Waals surface area contributed by atoms with E-state index in [1.54, 1.807) is 14.0 Å². The van der Waals surface area contributed by atoms with E-state index in [0.29, 0.717) is 17.0 Å². The van der Waals surface area contributed by atoms with Crippen molar-refractivity contribution < 1.29 is 14.1 Å². The van der Waals surface area contributed by atoms with Crippen molar-refractivity contribution in [3.8, 4) is 17.1 Å². The van der Waals surface area contributed by atoms with Gasteiger partial charge in [0, 0.05) is 5.56 Å². The maximum Gasteiger partial charge on any atom is 0.257 e. The number of aromatic nitrogens is 1. The van der Waals surface area contributed by atoms with E-state index in [-0.39, 0.29) is 11.9 Å². The number of amides is 1. The van der Waals surface area contributed by atoms with Crippen LogP contribution in [0.1, 0.15) is 40.1 Å². The predicted octanol–water partition coefficient (Wildman–Crippen LogP) is 4.46. The summed E-state index contributed by atoms with van der Waals surface area (Å²) >= 11 is 0. The fraction of sp³-hybridized carbons (Fsp3) is 0.238. The van der Waals surface area contributed by atoms with Crippen molar-refractivity contribution >= 4 is 5.91 Å². The average molecular weight is 350 g/mol. The molecule has 134 valence electrons. The van der Waals surface area contributed by atoms with Crippen molar-refractivity contribution in [3.63, 3.8) is 0 Å². The first-order chi connectivity index (χ1) is 12.5. The number of rotatable bonds is 5. The number of hydrogen-bond donors (Lipinski definition) is 1. The van der Waals surface area contributed by atoms with Crippen molar-refractivity contribution in [2.75, 3.05) is 7.11 Å². The summed E-state index contributed by atoms with van der Waals surface area (Å²) in [6.45, 7) is 5.69. The zero-order valence-electron chi connectivity index (χ0n) is 15.4. The molecule has 0 aliphatic rings. The molecule has 0 saturated carbocycles. The molecule has 0 fully saturated rings. The van der Waals surface area contributed by atoms with Crippen LogP contribution in [0.4, 0.5) is 0 Å². The van der Waals surface area contributed by atoms with Crippen LogP contribution >= 0.6 is 0 Å². The summed E-state index contributed by atoms with van der Waals surface area (Å²) in [7, 11) is 1.62. The molecule has 5 heteroatoms. The highest BCUT2D eigenvalue weighted by atomic mass is 16.5. The number of hydrogen-bond acceptors (Lipinski definition) is 4. The molecule has 3 aromatic rings. The zero-order chi connectivity index (χ0) is 18.7. The fourth-order valence-electron chi connectivity index (χ4n) is 2.91. The van der Waals surface area contributed by atoms with Crippen molar-refractivity contribution in [3.05, 3.63) is 70.9 Å². The largest absolute Gasteiger partial charge is 0.497 e. The molecular weight excluding hydrogens is 328 g/mol. The average Bonchev–Trinajstić information content (AvgIpc) is 3.03. The highest BCUT2D eigenvalue weighted by molar-refractivity contribution is 6.01. The molecular formula is C21H22N2O3. The SMILES string of the molecule is COc1cccc([C@@H](C)NC(=O)c2c(C)noc2-c2ccccc2C)c1. The van der Waals surface area contributed by atoms with E-state index in [4.69, 9.17) is 9.26 Å². The van der Waals surface area contributed by atoms with E-state index in [0.717, 1.165) is 22.4 Å². The molecule has 3 rings (SSSR count). The number of carbonyl (C=O) groups is 1. The topological polar surface area (TPSA) is 64.4 Å². The molecule has 2 aromatic carbocycles. The van der Waals surface area contributed by atoms with Gasteiger partial charge in [-0.1, -0.05) is 41.6 Å². The minimum absolute atomic E-state index is 0.184. The Labute approximate surface area is 153 Å². The van der Waals surface area contributed by atoms with Gasteiger partial charge >= 0.3 is 0 Å². The number of nitrogens with zero attached hydrogens (tertiary/aromatic N) is 1. The van der Waals surface area contributed by atoms with Gasteiger partial charge in [0.25, 0.3) is 5.91 Å². The molecule has 1 heterocycles. The quantitative estimate of drug-likeness (QED) is 0.738. The smallest absolute Gasteiger partial charge is 0.257 e. The van der Waals surface area contributed by atoms with Crippen molar-refractivity contribution in [1.82, 2.24) is 10.5 Å². The van der Waals surface area contributed by atoms with Gasteiger partial charge in [0.05, 0.1) is 18.8 Å². The third-order valence-electron chi connectivity index (χ3n) is 4.42. The highest BCUT2D eigenvalue weighted by Gasteiger charge is 2.24. The Morgan fingerprint density at radius 3 is 2.65 bits per heavy atom. The van der Waals surface area contributed by atoms with Gasteiger partial charge in [-0.2, -0.15) is 0 Å². The third kappa shape index (κ3) is 3.47. The van der Waals surface area contributed by atoms with Crippen molar-refractivity contribution in [2.24, 2.45) is 0 Å². The lowest BCUT2D eigenvalue weighted by molar-refractivity contribution is 0.0939. The maximum absolute atomic E-state index is 12.9. The molecule has 5 nitrogen and oxygen atoms in total. The maximum atomic E-state index is 12.9. The Kier molecular flexibility index (Phi) is 5.07. The number of aryl methyl sites for hydroxylation is 2. The van der Waals surface area contributed by atoms with Crippen molar-refractivity contribution in [2.45, 2.75) is 26.8 Å². The standard InChI is InChI=1S/C21H22N2O3/c1-13-8-5-6-11-18(13)20-19(15(3)23-26-20)21(24)22-14(2)16-9-7-10-17(12-16)25-4/h5-12,14H,1-4H3,(H,22,24)/t14-/m1/s1. The number of nitrogens with one attached hydrogen (secondary N) is 1. The first-order valence-electron chi connectivity index (χ1n) is 8.48. The molecule has 0 spiro atoms. The molecule has 1 N–H and O–H groups in total. The molecule has 0 bridgehead atoms. The van der Waals surface area contributed by atoms with Crippen LogP contribution in [0.25, 0.3) is 11.3 Å². The van der Waals surface area contributed by atoms with Gasteiger partial charge in [0.1, 0.15) is 11.3 Å². The minimum atomic E-state index is -0.211. The van der Waals surface area contributed by atoms with Gasteiger partial charge < -0.3 is 14.6 Å². The normalized spacial score (nSPS) is 11.8. The predicted molar refractivity (Wildman–Crippen MR) is 100 cm³/mol. The lowest BCUT2D eigenvalue weighted by atomic mass is 10.0. The van der Waals surface area contributed by atoms with Crippen LogP contribution in [-0.2, 0) is 0 Å². The third-order valence-corrected chi connectivity index (χ3v) is 4.42. The Morgan fingerprint density at radius 2 is 1.92 bits per heavy atom. The summed E-state index contributed by atoms with van der Waals surface area (Å²) < 4.78 is 10.7. The molecule has 0 saturated heterocycles. The van der Waals surface area contributed by atoms with Gasteiger partial charge in [-0.15, -0.1) is 0 Å². The molecule has 0 unspecified atom stereocenters. The van der Waals surface area contributed by atoms with Crippen LogP contribution < -0.4 is 10.1 Å². The van der Waals surface area contributed by atoms with Gasteiger partial charge in [-0.25, -0.2) is 0 Å². The second-order valence-corrected chi connectivity index (χ2v) is 6.26. The fourth-order valence-corrected chi connectivity index (χ4v) is 2.91. The van der Waals surface area contributed by atoms with Gasteiger partial charge in [-0.05, 0) is 44.0 Å². The molecule has 0 radical (unpaired) electrons. The van der Waals surface area contributed by atoms with Crippen LogP contribution in [0.2, 0.25) is 0 Å². The Hall–Kier alpha value is -3.08. The summed E-state index contributed by atoms with van der Waals surface area (Å²) in [6.07, 6.45) is 0. The molecule has 1 atom stereocenters. The summed E-state index contributed by atoms with van der Waals surface area (Å²) in [5.41, 5.74) is 3.89. The molecule has 1 aromatic heterocycles. The van der Waals surface area contributed by atoms with Gasteiger partial charge in [0.2, 0.25) is 0 Å². The molecule has 26 heavy (non-hydrogen) atoms. The first-order valence-corrected chi connectivity index (χ1v) is 8.48. The van der Waals surface area contributed by atoms with Crippen molar-refractivity contribution in [1.29, 1.82) is 0 Å². The summed E-state index contributed by atoms with van der Waals surface area (Å²) in [6, 6.07) is 15.2. The van der Waals surface area contributed by atoms with Crippen LogP contribution in [0, 0.1) is 13.8 Å². The number of ether oxygens (including phenoxy) is 1. The lowest BCUT2D eigenvalue weighted by Gasteiger charge is -2.15. The Bertz CT molecular complexity index is 931. The number of carbonyl (C=O) groups excluding carboxylic acids is 1. The van der Waals surface area contributed by atoms with E-state index in [1.165, 1.54) is 0 Å². The van der Waals surface area contributed by atoms with Crippen LogP contribution in [-0.4, -0.2) is 18.2 Å². The second kappa shape index (κ2) is 7.44. The second-order valence-electron chi connectivity index (χ2n) is 6.26. The monoisotopic (exact) mass is 350 g/mol. The summed E-state index contributed by atoms with van der Waals surface area (Å²) in [5.74, 6) is 1.04. The van der Waals surface area contributed by atoms with Gasteiger partial charge in [0.15, 0.2) is 5.76 Å². The Balaban J connectivity index is 1.89. The van der Waals surface area contributed by atoms with Gasteiger partial charge in [-0.3, -0.25) is 4.79 Å². The van der Waals surface area contributed by atoms with E-state index < -0.39 is 0 Å². The summed E-state index contributed by atoms with van der Waals surface area (Å²) in [5, 5.41) is 7.03. The van der Waals surface area contributed by atoms with E-state index in [2.05, 4.69) is 10.5 Å². The molecule has 0 aliphatic carbocycles. The highest BCUT2D eigenvalue weighted by Crippen LogP contribution is 2.29. The van der Waals surface area contributed by atoms with E-state index in [9.17, 15) is 4.79 Å². The lowest BCUT2D eigenvalue weighted by Crippen LogP contribution is -2.27. The van der Waals surface area contributed by atoms with E-state index in [1.807, 2.05) is 62.4 Å². The Morgan fingerprint density at radius 1 is 1.15 bits per heavy atom.